The van der Waals surface area contributed by atoms with Crippen molar-refractivity contribution < 1.29 is 27.5 Å². The molecule has 1 aromatic carbocycles. The van der Waals surface area contributed by atoms with E-state index in [4.69, 9.17) is 0 Å². The van der Waals surface area contributed by atoms with Gasteiger partial charge in [-0.2, -0.15) is 13.2 Å². The quantitative estimate of drug-likeness (QED) is 0.617. The summed E-state index contributed by atoms with van der Waals surface area (Å²) in [4.78, 5) is 22.3. The number of Topliss-reactive ketones (excluding diaryl/α,β-unsaturated/α-hetero) is 1. The Kier molecular flexibility index (Phi) is 4.47. The van der Waals surface area contributed by atoms with Gasteiger partial charge in [0.1, 0.15) is 0 Å². The number of hydrogen-bond donors (Lipinski definition) is 0. The van der Waals surface area contributed by atoms with Crippen molar-refractivity contribution in [3.63, 3.8) is 0 Å². The Morgan fingerprint density at radius 1 is 1.11 bits per heavy atom. The minimum absolute atomic E-state index is 0.0853. The standard InChI is InChI=1S/C12H11F3O3/c1-18-11(17)7-6-10(16)8-2-4-9(5-3-8)12(13,14)15/h2-5H,6-7H2,1H3. The maximum atomic E-state index is 12.3. The van der Waals surface area contributed by atoms with Crippen molar-refractivity contribution in [3.8, 4) is 0 Å². The van der Waals surface area contributed by atoms with E-state index in [9.17, 15) is 22.8 Å². The molecule has 18 heavy (non-hydrogen) atoms. The fraction of sp³-hybridized carbons (Fsp3) is 0.333. The van der Waals surface area contributed by atoms with Gasteiger partial charge in [0.05, 0.1) is 19.1 Å². The van der Waals surface area contributed by atoms with Gasteiger partial charge in [-0.3, -0.25) is 9.59 Å². The van der Waals surface area contributed by atoms with Crippen molar-refractivity contribution in [2.75, 3.05) is 7.11 Å². The molecule has 0 amide bonds. The molecule has 1 aromatic rings. The summed E-state index contributed by atoms with van der Waals surface area (Å²) in [5.41, 5.74) is -0.668. The van der Waals surface area contributed by atoms with Gasteiger partial charge in [0.15, 0.2) is 5.78 Å². The molecule has 0 aliphatic carbocycles. The number of alkyl halides is 3. The topological polar surface area (TPSA) is 43.4 Å². The molecule has 1 rings (SSSR count). The van der Waals surface area contributed by atoms with Crippen molar-refractivity contribution >= 4 is 11.8 Å². The molecule has 0 N–H and O–H groups in total. The van der Waals surface area contributed by atoms with Gasteiger partial charge in [0.25, 0.3) is 0 Å². The molecule has 0 saturated heterocycles. The molecule has 0 saturated carbocycles. The maximum absolute atomic E-state index is 12.3. The molecule has 0 aliphatic rings. The lowest BCUT2D eigenvalue weighted by molar-refractivity contribution is -0.140. The van der Waals surface area contributed by atoms with E-state index in [1.165, 1.54) is 7.11 Å². The maximum Gasteiger partial charge on any atom is 0.416 e. The Bertz CT molecular complexity index is 435. The second kappa shape index (κ2) is 5.66. The molecular formula is C12H11F3O3. The molecule has 0 aliphatic heterocycles. The zero-order valence-corrected chi connectivity index (χ0v) is 9.58. The summed E-state index contributed by atoms with van der Waals surface area (Å²) in [6.45, 7) is 0. The van der Waals surface area contributed by atoms with E-state index in [1.54, 1.807) is 0 Å². The SMILES string of the molecule is COC(=O)CCC(=O)c1ccc(C(F)(F)F)cc1. The second-order valence-corrected chi connectivity index (χ2v) is 3.57. The number of benzene rings is 1. The first-order valence-corrected chi connectivity index (χ1v) is 5.12. The van der Waals surface area contributed by atoms with E-state index in [2.05, 4.69) is 4.74 Å². The van der Waals surface area contributed by atoms with Gasteiger partial charge in [-0.15, -0.1) is 0 Å². The summed E-state index contributed by atoms with van der Waals surface area (Å²) in [6.07, 6.45) is -4.60. The lowest BCUT2D eigenvalue weighted by Gasteiger charge is -2.07. The van der Waals surface area contributed by atoms with Gasteiger partial charge < -0.3 is 4.74 Å². The Hall–Kier alpha value is -1.85. The fourth-order valence-corrected chi connectivity index (χ4v) is 1.31. The monoisotopic (exact) mass is 260 g/mol. The lowest BCUT2D eigenvalue weighted by atomic mass is 10.0. The van der Waals surface area contributed by atoms with Crippen LogP contribution in [0.5, 0.6) is 0 Å². The normalized spacial score (nSPS) is 11.1. The van der Waals surface area contributed by atoms with Crippen LogP contribution >= 0.6 is 0 Å². The summed E-state index contributed by atoms with van der Waals surface area (Å²) >= 11 is 0. The molecule has 0 fully saturated rings. The highest BCUT2D eigenvalue weighted by Crippen LogP contribution is 2.29. The first-order valence-electron chi connectivity index (χ1n) is 5.12. The van der Waals surface area contributed by atoms with Crippen LogP contribution in [0, 0.1) is 0 Å². The van der Waals surface area contributed by atoms with Crippen LogP contribution in [0.25, 0.3) is 0 Å². The minimum atomic E-state index is -4.42. The Morgan fingerprint density at radius 2 is 1.67 bits per heavy atom. The molecule has 3 nitrogen and oxygen atoms in total. The van der Waals surface area contributed by atoms with Gasteiger partial charge in [-0.1, -0.05) is 12.1 Å². The van der Waals surface area contributed by atoms with Crippen molar-refractivity contribution in [1.29, 1.82) is 0 Å². The van der Waals surface area contributed by atoms with Gasteiger partial charge in [0, 0.05) is 12.0 Å². The molecule has 98 valence electrons. The van der Waals surface area contributed by atoms with Crippen molar-refractivity contribution in [2.24, 2.45) is 0 Å². The predicted octanol–water partition coefficient (Wildman–Crippen LogP) is 2.84. The Balaban J connectivity index is 2.68. The third-order valence-electron chi connectivity index (χ3n) is 2.32. The number of esters is 1. The van der Waals surface area contributed by atoms with E-state index < -0.39 is 23.5 Å². The van der Waals surface area contributed by atoms with Crippen molar-refractivity contribution in [3.05, 3.63) is 35.4 Å². The van der Waals surface area contributed by atoms with Gasteiger partial charge in [-0.05, 0) is 12.1 Å². The number of methoxy groups -OCH3 is 1. The van der Waals surface area contributed by atoms with Crippen molar-refractivity contribution in [2.45, 2.75) is 19.0 Å². The highest BCUT2D eigenvalue weighted by Gasteiger charge is 2.30. The van der Waals surface area contributed by atoms with Crippen LogP contribution < -0.4 is 0 Å². The molecule has 0 unspecified atom stereocenters. The van der Waals surface area contributed by atoms with Crippen LogP contribution in [0.15, 0.2) is 24.3 Å². The first-order chi connectivity index (χ1) is 8.34. The fourth-order valence-electron chi connectivity index (χ4n) is 1.31. The van der Waals surface area contributed by atoms with Gasteiger partial charge in [0.2, 0.25) is 0 Å². The summed E-state index contributed by atoms with van der Waals surface area (Å²) < 4.78 is 41.2. The number of ether oxygens (including phenoxy) is 1. The number of hydrogen-bond acceptors (Lipinski definition) is 3. The summed E-state index contributed by atoms with van der Waals surface area (Å²) in [6, 6.07) is 3.88. The van der Waals surface area contributed by atoms with Gasteiger partial charge >= 0.3 is 12.1 Å². The van der Waals surface area contributed by atoms with Crippen LogP contribution in [0.2, 0.25) is 0 Å². The number of carbonyl (C=O) groups excluding carboxylic acids is 2. The molecule has 0 atom stereocenters. The number of halogens is 3. The zero-order valence-electron chi connectivity index (χ0n) is 9.58. The van der Waals surface area contributed by atoms with Crippen LogP contribution in [0.1, 0.15) is 28.8 Å². The summed E-state index contributed by atoms with van der Waals surface area (Å²) in [5, 5.41) is 0. The smallest absolute Gasteiger partial charge is 0.416 e. The highest BCUT2D eigenvalue weighted by atomic mass is 19.4. The number of rotatable bonds is 4. The van der Waals surface area contributed by atoms with Crippen LogP contribution in [-0.2, 0) is 15.7 Å². The molecule has 0 aromatic heterocycles. The molecule has 6 heteroatoms. The minimum Gasteiger partial charge on any atom is -0.469 e. The number of carbonyl (C=O) groups is 2. The first kappa shape index (κ1) is 14.2. The zero-order chi connectivity index (χ0) is 13.8. The molecule has 0 bridgehead atoms. The Morgan fingerprint density at radius 3 is 2.11 bits per heavy atom. The van der Waals surface area contributed by atoms with Crippen LogP contribution in [0.4, 0.5) is 13.2 Å². The second-order valence-electron chi connectivity index (χ2n) is 3.57. The van der Waals surface area contributed by atoms with E-state index in [-0.39, 0.29) is 18.4 Å². The van der Waals surface area contributed by atoms with E-state index in [0.29, 0.717) is 0 Å². The third-order valence-corrected chi connectivity index (χ3v) is 2.32. The lowest BCUT2D eigenvalue weighted by Crippen LogP contribution is -2.08. The summed E-state index contributed by atoms with van der Waals surface area (Å²) in [5.74, 6) is -0.926. The summed E-state index contributed by atoms with van der Waals surface area (Å²) in [7, 11) is 1.20. The Labute approximate surface area is 102 Å². The third kappa shape index (κ3) is 3.87. The molecule has 0 spiro atoms. The predicted molar refractivity (Wildman–Crippen MR) is 57.0 cm³/mol. The van der Waals surface area contributed by atoms with Crippen LogP contribution in [-0.4, -0.2) is 18.9 Å². The van der Waals surface area contributed by atoms with E-state index in [1.807, 2.05) is 0 Å². The van der Waals surface area contributed by atoms with E-state index in [0.717, 1.165) is 24.3 Å². The largest absolute Gasteiger partial charge is 0.469 e. The van der Waals surface area contributed by atoms with E-state index >= 15 is 0 Å². The average molecular weight is 260 g/mol. The molecule has 0 heterocycles. The average Bonchev–Trinajstić information content (AvgIpc) is 2.34. The van der Waals surface area contributed by atoms with Crippen molar-refractivity contribution in [1.82, 2.24) is 0 Å². The highest BCUT2D eigenvalue weighted by molar-refractivity contribution is 5.97. The van der Waals surface area contributed by atoms with Gasteiger partial charge in [-0.25, -0.2) is 0 Å². The number of ketones is 1. The molecular weight excluding hydrogens is 249 g/mol. The van der Waals surface area contributed by atoms with Crippen LogP contribution in [0.3, 0.4) is 0 Å². The molecule has 0 radical (unpaired) electrons.